The van der Waals surface area contributed by atoms with Crippen LogP contribution in [0.4, 0.5) is 0 Å². The summed E-state index contributed by atoms with van der Waals surface area (Å²) in [6.45, 7) is 12.8. The highest BCUT2D eigenvalue weighted by molar-refractivity contribution is 5.80. The van der Waals surface area contributed by atoms with Gasteiger partial charge < -0.3 is 15.0 Å². The van der Waals surface area contributed by atoms with Crippen molar-refractivity contribution in [1.82, 2.24) is 15.1 Å². The SMILES string of the molecule is CCNC(=NCc1ccc(CN(CC)CC)cc1)N1CCC(C(=O)OC)CC1. The average molecular weight is 389 g/mol. The van der Waals surface area contributed by atoms with E-state index in [-0.39, 0.29) is 11.9 Å². The Kier molecular flexibility index (Phi) is 9.28. The summed E-state index contributed by atoms with van der Waals surface area (Å²) in [7, 11) is 1.47. The molecule has 0 unspecified atom stereocenters. The molecule has 1 aliphatic heterocycles. The van der Waals surface area contributed by atoms with Gasteiger partial charge in [-0.15, -0.1) is 0 Å². The quantitative estimate of drug-likeness (QED) is 0.422. The number of carbonyl (C=O) groups is 1. The first-order chi connectivity index (χ1) is 13.6. The first kappa shape index (κ1) is 22.2. The number of rotatable bonds is 8. The molecule has 0 atom stereocenters. The second-order valence-electron chi connectivity index (χ2n) is 7.23. The lowest BCUT2D eigenvalue weighted by Crippen LogP contribution is -2.46. The molecule has 1 N–H and O–H groups in total. The van der Waals surface area contributed by atoms with E-state index in [1.807, 2.05) is 0 Å². The Morgan fingerprint density at radius 3 is 2.29 bits per heavy atom. The molecule has 1 aliphatic rings. The molecule has 1 aromatic carbocycles. The maximum atomic E-state index is 11.7. The van der Waals surface area contributed by atoms with Crippen molar-refractivity contribution in [2.45, 2.75) is 46.7 Å². The Balaban J connectivity index is 1.94. The molecule has 1 saturated heterocycles. The molecule has 0 aliphatic carbocycles. The third kappa shape index (κ3) is 6.51. The molecule has 0 amide bonds. The van der Waals surface area contributed by atoms with Gasteiger partial charge in [0.1, 0.15) is 0 Å². The molecule has 1 heterocycles. The summed E-state index contributed by atoms with van der Waals surface area (Å²) in [5.74, 6) is 0.854. The van der Waals surface area contributed by atoms with Crippen LogP contribution in [0.15, 0.2) is 29.3 Å². The Labute approximate surface area is 170 Å². The van der Waals surface area contributed by atoms with Crippen molar-refractivity contribution >= 4 is 11.9 Å². The molecule has 2 rings (SSSR count). The number of esters is 1. The number of nitrogens with zero attached hydrogens (tertiary/aromatic N) is 3. The van der Waals surface area contributed by atoms with Gasteiger partial charge in [-0.25, -0.2) is 4.99 Å². The van der Waals surface area contributed by atoms with Gasteiger partial charge in [0.2, 0.25) is 0 Å². The molecule has 0 bridgehead atoms. The van der Waals surface area contributed by atoms with E-state index in [0.29, 0.717) is 6.54 Å². The second kappa shape index (κ2) is 11.7. The van der Waals surface area contributed by atoms with Crippen LogP contribution in [0, 0.1) is 5.92 Å². The van der Waals surface area contributed by atoms with Crippen molar-refractivity contribution in [3.8, 4) is 0 Å². The van der Waals surface area contributed by atoms with Crippen LogP contribution in [0.3, 0.4) is 0 Å². The van der Waals surface area contributed by atoms with Gasteiger partial charge in [-0.3, -0.25) is 9.69 Å². The van der Waals surface area contributed by atoms with E-state index in [4.69, 9.17) is 9.73 Å². The molecule has 28 heavy (non-hydrogen) atoms. The predicted octanol–water partition coefficient (Wildman–Crippen LogP) is 2.88. The molecule has 156 valence electrons. The first-order valence-electron chi connectivity index (χ1n) is 10.5. The van der Waals surface area contributed by atoms with Crippen LogP contribution in [0.5, 0.6) is 0 Å². The van der Waals surface area contributed by atoms with Crippen LogP contribution < -0.4 is 5.32 Å². The van der Waals surface area contributed by atoms with Crippen LogP contribution in [-0.2, 0) is 22.6 Å². The van der Waals surface area contributed by atoms with E-state index in [0.717, 1.165) is 58.1 Å². The number of hydrogen-bond donors (Lipinski definition) is 1. The molecule has 0 radical (unpaired) electrons. The van der Waals surface area contributed by atoms with Gasteiger partial charge in [-0.1, -0.05) is 38.1 Å². The minimum absolute atomic E-state index is 0.0162. The minimum atomic E-state index is -0.0913. The lowest BCUT2D eigenvalue weighted by molar-refractivity contribution is -0.146. The molecule has 6 nitrogen and oxygen atoms in total. The van der Waals surface area contributed by atoms with Crippen molar-refractivity contribution in [3.05, 3.63) is 35.4 Å². The number of benzene rings is 1. The van der Waals surface area contributed by atoms with Crippen molar-refractivity contribution in [1.29, 1.82) is 0 Å². The summed E-state index contributed by atoms with van der Waals surface area (Å²) in [5.41, 5.74) is 2.55. The van der Waals surface area contributed by atoms with Gasteiger partial charge >= 0.3 is 5.97 Å². The van der Waals surface area contributed by atoms with E-state index in [2.05, 4.69) is 60.2 Å². The lowest BCUT2D eigenvalue weighted by atomic mass is 9.97. The fourth-order valence-corrected chi connectivity index (χ4v) is 3.54. The monoisotopic (exact) mass is 388 g/mol. The van der Waals surface area contributed by atoms with E-state index in [1.54, 1.807) is 0 Å². The number of ether oxygens (including phenoxy) is 1. The van der Waals surface area contributed by atoms with Crippen LogP contribution in [0.2, 0.25) is 0 Å². The largest absolute Gasteiger partial charge is 0.469 e. The zero-order chi connectivity index (χ0) is 20.4. The second-order valence-corrected chi connectivity index (χ2v) is 7.23. The summed E-state index contributed by atoms with van der Waals surface area (Å²) in [6, 6.07) is 8.76. The van der Waals surface area contributed by atoms with Gasteiger partial charge in [-0.2, -0.15) is 0 Å². The van der Waals surface area contributed by atoms with Gasteiger partial charge in [0, 0.05) is 26.2 Å². The number of methoxy groups -OCH3 is 1. The number of nitrogens with one attached hydrogen (secondary N) is 1. The van der Waals surface area contributed by atoms with Crippen molar-refractivity contribution in [2.75, 3.05) is 39.8 Å². The number of likely N-dealkylation sites (tertiary alicyclic amines) is 1. The van der Waals surface area contributed by atoms with E-state index in [1.165, 1.54) is 18.2 Å². The average Bonchev–Trinajstić information content (AvgIpc) is 2.75. The topological polar surface area (TPSA) is 57.2 Å². The maximum Gasteiger partial charge on any atom is 0.308 e. The maximum absolute atomic E-state index is 11.7. The third-order valence-electron chi connectivity index (χ3n) is 5.40. The Bertz CT molecular complexity index is 618. The summed E-state index contributed by atoms with van der Waals surface area (Å²) < 4.78 is 4.88. The lowest BCUT2D eigenvalue weighted by Gasteiger charge is -2.33. The molecule has 1 aromatic rings. The Morgan fingerprint density at radius 1 is 1.14 bits per heavy atom. The van der Waals surface area contributed by atoms with Crippen molar-refractivity contribution in [2.24, 2.45) is 10.9 Å². The number of guanidine groups is 1. The number of piperidine rings is 1. The molecular weight excluding hydrogens is 352 g/mol. The van der Waals surface area contributed by atoms with Gasteiger partial charge in [0.25, 0.3) is 0 Å². The highest BCUT2D eigenvalue weighted by Crippen LogP contribution is 2.18. The molecule has 0 spiro atoms. The standard InChI is InChI=1S/C22H36N4O2/c1-5-23-22(26-14-12-20(13-15-26)21(27)28-4)24-16-18-8-10-19(11-9-18)17-25(6-2)7-3/h8-11,20H,5-7,12-17H2,1-4H3,(H,23,24). The normalized spacial score (nSPS) is 15.8. The zero-order valence-corrected chi connectivity index (χ0v) is 17.9. The Hall–Kier alpha value is -2.08. The van der Waals surface area contributed by atoms with Gasteiger partial charge in [0.15, 0.2) is 5.96 Å². The Morgan fingerprint density at radius 2 is 1.75 bits per heavy atom. The highest BCUT2D eigenvalue weighted by Gasteiger charge is 2.26. The third-order valence-corrected chi connectivity index (χ3v) is 5.40. The van der Waals surface area contributed by atoms with Crippen molar-refractivity contribution < 1.29 is 9.53 Å². The number of hydrogen-bond acceptors (Lipinski definition) is 4. The van der Waals surface area contributed by atoms with E-state index >= 15 is 0 Å². The summed E-state index contributed by atoms with van der Waals surface area (Å²) in [4.78, 5) is 21.2. The fourth-order valence-electron chi connectivity index (χ4n) is 3.54. The van der Waals surface area contributed by atoms with Crippen LogP contribution in [0.1, 0.15) is 44.7 Å². The van der Waals surface area contributed by atoms with Crippen LogP contribution >= 0.6 is 0 Å². The summed E-state index contributed by atoms with van der Waals surface area (Å²) in [6.07, 6.45) is 1.63. The van der Waals surface area contributed by atoms with Gasteiger partial charge in [-0.05, 0) is 44.0 Å². The first-order valence-corrected chi connectivity index (χ1v) is 10.5. The number of carbonyl (C=O) groups excluding carboxylic acids is 1. The van der Waals surface area contributed by atoms with E-state index in [9.17, 15) is 4.79 Å². The van der Waals surface area contributed by atoms with Crippen LogP contribution in [-0.4, -0.2) is 61.6 Å². The number of aliphatic imine (C=N–C) groups is 1. The molecule has 1 fully saturated rings. The van der Waals surface area contributed by atoms with E-state index < -0.39 is 0 Å². The molecule has 0 aromatic heterocycles. The zero-order valence-electron chi connectivity index (χ0n) is 17.9. The fraction of sp³-hybridized carbons (Fsp3) is 0.636. The summed E-state index contributed by atoms with van der Waals surface area (Å²) in [5, 5.41) is 3.39. The highest BCUT2D eigenvalue weighted by atomic mass is 16.5. The molecule has 0 saturated carbocycles. The van der Waals surface area contributed by atoms with Crippen molar-refractivity contribution in [3.63, 3.8) is 0 Å². The molecule has 6 heteroatoms. The predicted molar refractivity (Wildman–Crippen MR) is 114 cm³/mol. The molecular formula is C22H36N4O2. The summed E-state index contributed by atoms with van der Waals surface area (Å²) >= 11 is 0. The minimum Gasteiger partial charge on any atom is -0.469 e. The smallest absolute Gasteiger partial charge is 0.308 e. The van der Waals surface area contributed by atoms with Gasteiger partial charge in [0.05, 0.1) is 19.6 Å². The van der Waals surface area contributed by atoms with Crippen LogP contribution in [0.25, 0.3) is 0 Å².